The van der Waals surface area contributed by atoms with Gasteiger partial charge in [0.2, 0.25) is 0 Å². The molecule has 0 aliphatic carbocycles. The second kappa shape index (κ2) is 7.66. The van der Waals surface area contributed by atoms with E-state index in [4.69, 9.17) is 0 Å². The number of imidazole rings is 1. The van der Waals surface area contributed by atoms with Crippen molar-refractivity contribution in [1.82, 2.24) is 14.5 Å². The minimum Gasteiger partial charge on any atom is -0.378 e. The molecular weight excluding hydrogens is 370 g/mol. The highest BCUT2D eigenvalue weighted by Gasteiger charge is 2.10. The highest BCUT2D eigenvalue weighted by Crippen LogP contribution is 2.26. The van der Waals surface area contributed by atoms with E-state index in [9.17, 15) is 4.79 Å². The summed E-state index contributed by atoms with van der Waals surface area (Å²) in [5.41, 5.74) is 4.52. The monoisotopic (exact) mass is 389 g/mol. The van der Waals surface area contributed by atoms with Gasteiger partial charge in [-0.3, -0.25) is 10.1 Å². The van der Waals surface area contributed by atoms with E-state index in [2.05, 4.69) is 15.3 Å². The first kappa shape index (κ1) is 17.9. The van der Waals surface area contributed by atoms with Crippen LogP contribution in [0.1, 0.15) is 10.4 Å². The molecular formula is C21H19N5OS. The first-order valence-corrected chi connectivity index (χ1v) is 9.61. The Morgan fingerprint density at radius 2 is 1.82 bits per heavy atom. The smallest absolute Gasteiger partial charge is 0.257 e. The van der Waals surface area contributed by atoms with Crippen LogP contribution < -0.4 is 10.2 Å². The number of thiazole rings is 1. The van der Waals surface area contributed by atoms with E-state index >= 15 is 0 Å². The number of hydrogen-bond donors (Lipinski definition) is 1. The molecule has 0 saturated carbocycles. The van der Waals surface area contributed by atoms with Crippen molar-refractivity contribution in [2.24, 2.45) is 0 Å². The highest BCUT2D eigenvalue weighted by molar-refractivity contribution is 7.14. The van der Waals surface area contributed by atoms with Crippen molar-refractivity contribution in [3.63, 3.8) is 0 Å². The van der Waals surface area contributed by atoms with E-state index in [-0.39, 0.29) is 5.91 Å². The van der Waals surface area contributed by atoms with Gasteiger partial charge in [-0.2, -0.15) is 0 Å². The summed E-state index contributed by atoms with van der Waals surface area (Å²) in [7, 11) is 3.93. The molecule has 0 saturated heterocycles. The average Bonchev–Trinajstić information content (AvgIpc) is 3.40. The zero-order valence-electron chi connectivity index (χ0n) is 15.5. The maximum absolute atomic E-state index is 12.5. The van der Waals surface area contributed by atoms with E-state index in [1.165, 1.54) is 11.3 Å². The maximum Gasteiger partial charge on any atom is 0.257 e. The van der Waals surface area contributed by atoms with Crippen LogP contribution in [-0.4, -0.2) is 34.5 Å². The summed E-state index contributed by atoms with van der Waals surface area (Å²) >= 11 is 1.41. The summed E-state index contributed by atoms with van der Waals surface area (Å²) in [6.07, 6.45) is 5.41. The van der Waals surface area contributed by atoms with Gasteiger partial charge in [-0.05, 0) is 36.4 Å². The molecule has 0 bridgehead atoms. The molecule has 4 aromatic rings. The molecule has 2 aromatic heterocycles. The second-order valence-electron chi connectivity index (χ2n) is 6.45. The molecule has 2 aromatic carbocycles. The Hall–Kier alpha value is -3.45. The Morgan fingerprint density at radius 3 is 2.46 bits per heavy atom. The summed E-state index contributed by atoms with van der Waals surface area (Å²) < 4.78 is 1.94. The van der Waals surface area contributed by atoms with Gasteiger partial charge >= 0.3 is 0 Å². The summed E-state index contributed by atoms with van der Waals surface area (Å²) in [6, 6.07) is 15.5. The zero-order valence-corrected chi connectivity index (χ0v) is 16.4. The van der Waals surface area contributed by atoms with Gasteiger partial charge in [-0.25, -0.2) is 9.97 Å². The minimum absolute atomic E-state index is 0.165. The molecule has 0 spiro atoms. The molecule has 1 amide bonds. The van der Waals surface area contributed by atoms with E-state index in [0.717, 1.165) is 22.6 Å². The predicted octanol–water partition coefficient (Wildman–Crippen LogP) is 4.31. The molecule has 0 aliphatic heterocycles. The third-order valence-corrected chi connectivity index (χ3v) is 5.09. The summed E-state index contributed by atoms with van der Waals surface area (Å²) in [6.45, 7) is 0. The first-order valence-electron chi connectivity index (χ1n) is 8.73. The molecule has 0 atom stereocenters. The SMILES string of the molecule is CN(C)c1ccc(C(=O)Nc2nc(-c3ccc(-n4ccnc4)cc3)cs2)cc1. The number of nitrogens with zero attached hydrogens (tertiary/aromatic N) is 4. The third-order valence-electron chi connectivity index (χ3n) is 4.34. The fourth-order valence-corrected chi connectivity index (χ4v) is 3.47. The second-order valence-corrected chi connectivity index (χ2v) is 7.31. The maximum atomic E-state index is 12.5. The molecule has 0 unspecified atom stereocenters. The normalized spacial score (nSPS) is 10.6. The van der Waals surface area contributed by atoms with E-state index in [0.29, 0.717) is 10.7 Å². The Labute approximate surface area is 167 Å². The lowest BCUT2D eigenvalue weighted by Crippen LogP contribution is -2.13. The van der Waals surface area contributed by atoms with Gasteiger partial charge < -0.3 is 9.47 Å². The van der Waals surface area contributed by atoms with Crippen molar-refractivity contribution < 1.29 is 4.79 Å². The molecule has 140 valence electrons. The number of carbonyl (C=O) groups is 1. The van der Waals surface area contributed by atoms with Crippen molar-refractivity contribution >= 4 is 28.1 Å². The van der Waals surface area contributed by atoms with E-state index in [1.807, 2.05) is 83.7 Å². The molecule has 4 rings (SSSR count). The van der Waals surface area contributed by atoms with Crippen molar-refractivity contribution in [3.8, 4) is 16.9 Å². The molecule has 7 heteroatoms. The summed E-state index contributed by atoms with van der Waals surface area (Å²) in [4.78, 5) is 23.0. The zero-order chi connectivity index (χ0) is 19.5. The predicted molar refractivity (Wildman–Crippen MR) is 113 cm³/mol. The summed E-state index contributed by atoms with van der Waals surface area (Å²) in [5.74, 6) is -0.165. The van der Waals surface area contributed by atoms with Gasteiger partial charge in [0, 0.05) is 54.4 Å². The fraction of sp³-hybridized carbons (Fsp3) is 0.0952. The van der Waals surface area contributed by atoms with Gasteiger partial charge in [0.1, 0.15) is 0 Å². The average molecular weight is 389 g/mol. The number of benzene rings is 2. The molecule has 2 heterocycles. The number of nitrogens with one attached hydrogen (secondary N) is 1. The Balaban J connectivity index is 1.46. The van der Waals surface area contributed by atoms with Gasteiger partial charge in [-0.1, -0.05) is 12.1 Å². The van der Waals surface area contributed by atoms with Crippen molar-refractivity contribution in [2.75, 3.05) is 24.3 Å². The van der Waals surface area contributed by atoms with Crippen LogP contribution in [0.25, 0.3) is 16.9 Å². The quantitative estimate of drug-likeness (QED) is 0.552. The Kier molecular flexibility index (Phi) is 4.90. The lowest BCUT2D eigenvalue weighted by molar-refractivity contribution is 0.102. The first-order chi connectivity index (χ1) is 13.6. The molecule has 28 heavy (non-hydrogen) atoms. The van der Waals surface area contributed by atoms with E-state index in [1.54, 1.807) is 12.5 Å². The topological polar surface area (TPSA) is 63.1 Å². The van der Waals surface area contributed by atoms with Crippen LogP contribution in [0.2, 0.25) is 0 Å². The fourth-order valence-electron chi connectivity index (χ4n) is 2.76. The highest BCUT2D eigenvalue weighted by atomic mass is 32.1. The van der Waals surface area contributed by atoms with Crippen LogP contribution in [0, 0.1) is 0 Å². The van der Waals surface area contributed by atoms with Crippen LogP contribution in [-0.2, 0) is 0 Å². The van der Waals surface area contributed by atoms with Crippen LogP contribution in [0.15, 0.2) is 72.6 Å². The number of carbonyl (C=O) groups excluding carboxylic acids is 1. The number of hydrogen-bond acceptors (Lipinski definition) is 5. The minimum atomic E-state index is -0.165. The standard InChI is InChI=1S/C21H19N5OS/c1-25(2)17-7-5-16(6-8-17)20(27)24-21-23-19(13-28-21)15-3-9-18(10-4-15)26-12-11-22-14-26/h3-14H,1-2H3,(H,23,24,27). The number of anilines is 2. The van der Waals surface area contributed by atoms with Crippen LogP contribution >= 0.6 is 11.3 Å². The largest absolute Gasteiger partial charge is 0.378 e. The molecule has 0 radical (unpaired) electrons. The Bertz CT molecular complexity index is 1070. The van der Waals surface area contributed by atoms with Gasteiger partial charge in [0.25, 0.3) is 5.91 Å². The van der Waals surface area contributed by atoms with Crippen LogP contribution in [0.5, 0.6) is 0 Å². The number of rotatable bonds is 5. The van der Waals surface area contributed by atoms with Gasteiger partial charge in [0.05, 0.1) is 12.0 Å². The lowest BCUT2D eigenvalue weighted by Gasteiger charge is -2.12. The van der Waals surface area contributed by atoms with Gasteiger partial charge in [-0.15, -0.1) is 11.3 Å². The number of aromatic nitrogens is 3. The third kappa shape index (κ3) is 3.79. The lowest BCUT2D eigenvalue weighted by atomic mass is 10.1. The molecule has 6 nitrogen and oxygen atoms in total. The Morgan fingerprint density at radius 1 is 1.07 bits per heavy atom. The van der Waals surface area contributed by atoms with Crippen molar-refractivity contribution in [3.05, 3.63) is 78.2 Å². The van der Waals surface area contributed by atoms with Crippen LogP contribution in [0.4, 0.5) is 10.8 Å². The summed E-state index contributed by atoms with van der Waals surface area (Å²) in [5, 5.41) is 5.39. The van der Waals surface area contributed by atoms with Crippen LogP contribution in [0.3, 0.4) is 0 Å². The van der Waals surface area contributed by atoms with Gasteiger partial charge in [0.15, 0.2) is 5.13 Å². The van der Waals surface area contributed by atoms with Crippen molar-refractivity contribution in [1.29, 1.82) is 0 Å². The van der Waals surface area contributed by atoms with E-state index < -0.39 is 0 Å². The number of amides is 1. The molecule has 0 aliphatic rings. The molecule has 1 N–H and O–H groups in total. The van der Waals surface area contributed by atoms with Crippen molar-refractivity contribution in [2.45, 2.75) is 0 Å². The molecule has 0 fully saturated rings.